The van der Waals surface area contributed by atoms with Gasteiger partial charge in [-0.15, -0.1) is 0 Å². The number of benzene rings is 1. The number of likely N-dealkylation sites (N-methyl/N-ethyl adjacent to an activating group) is 1. The minimum atomic E-state index is -0.377. The fourth-order valence-electron chi connectivity index (χ4n) is 1.41. The molecule has 0 aliphatic carbocycles. The van der Waals surface area contributed by atoms with Gasteiger partial charge in [0, 0.05) is 13.6 Å². The van der Waals surface area contributed by atoms with E-state index in [1.54, 1.807) is 14.0 Å². The van der Waals surface area contributed by atoms with Crippen LogP contribution in [0.3, 0.4) is 0 Å². The largest absolute Gasteiger partial charge is 0.358 e. The summed E-state index contributed by atoms with van der Waals surface area (Å²) < 4.78 is 0. The van der Waals surface area contributed by atoms with Gasteiger partial charge in [-0.05, 0) is 12.5 Å². The first-order chi connectivity index (χ1) is 8.63. The molecule has 0 fully saturated rings. The van der Waals surface area contributed by atoms with E-state index in [0.29, 0.717) is 6.54 Å². The number of amides is 2. The minimum absolute atomic E-state index is 0.126. The van der Waals surface area contributed by atoms with Gasteiger partial charge in [0.15, 0.2) is 0 Å². The molecule has 0 saturated carbocycles. The lowest BCUT2D eigenvalue weighted by atomic mass is 10.2. The molecule has 0 aliphatic heterocycles. The quantitative estimate of drug-likeness (QED) is 0.666. The Morgan fingerprint density at radius 3 is 2.50 bits per heavy atom. The average molecular weight is 249 g/mol. The number of hydrogen-bond donors (Lipinski definition) is 3. The van der Waals surface area contributed by atoms with E-state index in [4.69, 9.17) is 0 Å². The van der Waals surface area contributed by atoms with Crippen LogP contribution < -0.4 is 16.0 Å². The third kappa shape index (κ3) is 4.97. The molecule has 5 nitrogen and oxygen atoms in total. The monoisotopic (exact) mass is 249 g/mol. The molecule has 1 aromatic rings. The summed E-state index contributed by atoms with van der Waals surface area (Å²) in [5.74, 6) is -0.263. The summed E-state index contributed by atoms with van der Waals surface area (Å²) in [6.07, 6.45) is 0. The Morgan fingerprint density at radius 2 is 1.89 bits per heavy atom. The zero-order chi connectivity index (χ0) is 13.4. The Bertz CT molecular complexity index is 392. The Hall–Kier alpha value is -1.88. The number of nitrogens with one attached hydrogen (secondary N) is 3. The lowest BCUT2D eigenvalue weighted by Gasteiger charge is -2.12. The molecule has 0 bridgehead atoms. The van der Waals surface area contributed by atoms with Crippen LogP contribution in [0, 0.1) is 0 Å². The lowest BCUT2D eigenvalue weighted by Crippen LogP contribution is -2.44. The zero-order valence-electron chi connectivity index (χ0n) is 10.7. The van der Waals surface area contributed by atoms with Crippen LogP contribution in [0.15, 0.2) is 30.3 Å². The highest BCUT2D eigenvalue weighted by molar-refractivity contribution is 5.83. The molecule has 98 valence electrons. The summed E-state index contributed by atoms with van der Waals surface area (Å²) in [7, 11) is 1.57. The van der Waals surface area contributed by atoms with E-state index in [2.05, 4.69) is 16.0 Å². The van der Waals surface area contributed by atoms with Crippen molar-refractivity contribution in [1.29, 1.82) is 0 Å². The number of carbonyl (C=O) groups excluding carboxylic acids is 2. The van der Waals surface area contributed by atoms with Gasteiger partial charge in [0.2, 0.25) is 11.8 Å². The van der Waals surface area contributed by atoms with Crippen LogP contribution in [0.5, 0.6) is 0 Å². The molecule has 2 amide bonds. The molecule has 0 spiro atoms. The molecule has 5 heteroatoms. The molecular weight excluding hydrogens is 230 g/mol. The summed E-state index contributed by atoms with van der Waals surface area (Å²) in [4.78, 5) is 22.7. The Balaban J connectivity index is 2.24. The maximum absolute atomic E-state index is 11.5. The molecule has 1 aromatic carbocycles. The van der Waals surface area contributed by atoms with E-state index >= 15 is 0 Å². The Labute approximate surface area is 107 Å². The van der Waals surface area contributed by atoms with Gasteiger partial charge >= 0.3 is 0 Å². The van der Waals surface area contributed by atoms with Crippen molar-refractivity contribution in [2.75, 3.05) is 13.6 Å². The van der Waals surface area contributed by atoms with Crippen LogP contribution in [-0.4, -0.2) is 31.4 Å². The van der Waals surface area contributed by atoms with Gasteiger partial charge in [0.1, 0.15) is 0 Å². The molecule has 18 heavy (non-hydrogen) atoms. The lowest BCUT2D eigenvalue weighted by molar-refractivity contribution is -0.123. The maximum Gasteiger partial charge on any atom is 0.236 e. The van der Waals surface area contributed by atoms with Crippen molar-refractivity contribution in [3.05, 3.63) is 35.9 Å². The van der Waals surface area contributed by atoms with Crippen LogP contribution in [0.2, 0.25) is 0 Å². The first kappa shape index (κ1) is 14.2. The smallest absolute Gasteiger partial charge is 0.236 e. The van der Waals surface area contributed by atoms with Crippen molar-refractivity contribution in [2.45, 2.75) is 19.5 Å². The van der Waals surface area contributed by atoms with E-state index in [-0.39, 0.29) is 24.4 Å². The third-order valence-electron chi connectivity index (χ3n) is 2.54. The topological polar surface area (TPSA) is 70.2 Å². The molecular formula is C13H19N3O2. The van der Waals surface area contributed by atoms with Crippen molar-refractivity contribution < 1.29 is 9.59 Å². The van der Waals surface area contributed by atoms with E-state index in [1.165, 1.54) is 0 Å². The van der Waals surface area contributed by atoms with Crippen molar-refractivity contribution in [3.63, 3.8) is 0 Å². The normalized spacial score (nSPS) is 11.7. The molecule has 1 rings (SSSR count). The average Bonchev–Trinajstić information content (AvgIpc) is 2.42. The molecule has 0 radical (unpaired) electrons. The fraction of sp³-hybridized carbons (Fsp3) is 0.385. The predicted molar refractivity (Wildman–Crippen MR) is 69.8 cm³/mol. The van der Waals surface area contributed by atoms with Gasteiger partial charge < -0.3 is 10.6 Å². The van der Waals surface area contributed by atoms with Crippen molar-refractivity contribution in [2.24, 2.45) is 0 Å². The predicted octanol–water partition coefficient (Wildman–Crippen LogP) is 0.0269. The second kappa shape index (κ2) is 7.45. The van der Waals surface area contributed by atoms with Gasteiger partial charge in [-0.1, -0.05) is 30.3 Å². The Kier molecular flexibility index (Phi) is 5.87. The second-order valence-electron chi connectivity index (χ2n) is 3.98. The van der Waals surface area contributed by atoms with Crippen LogP contribution in [0.4, 0.5) is 0 Å². The summed E-state index contributed by atoms with van der Waals surface area (Å²) in [6.45, 7) is 2.33. The van der Waals surface area contributed by atoms with Crippen molar-refractivity contribution in [3.8, 4) is 0 Å². The number of carbonyl (C=O) groups is 2. The maximum atomic E-state index is 11.5. The second-order valence-corrected chi connectivity index (χ2v) is 3.98. The highest BCUT2D eigenvalue weighted by Gasteiger charge is 2.11. The zero-order valence-corrected chi connectivity index (χ0v) is 10.7. The molecule has 0 aliphatic rings. The summed E-state index contributed by atoms with van der Waals surface area (Å²) in [5.41, 5.74) is 1.05. The van der Waals surface area contributed by atoms with Gasteiger partial charge in [0.05, 0.1) is 12.6 Å². The first-order valence-corrected chi connectivity index (χ1v) is 5.89. The highest BCUT2D eigenvalue weighted by Crippen LogP contribution is 1.96. The van der Waals surface area contributed by atoms with E-state index in [0.717, 1.165) is 5.56 Å². The van der Waals surface area contributed by atoms with E-state index in [9.17, 15) is 9.59 Å². The fourth-order valence-corrected chi connectivity index (χ4v) is 1.41. The van der Waals surface area contributed by atoms with Crippen molar-refractivity contribution >= 4 is 11.8 Å². The van der Waals surface area contributed by atoms with Crippen molar-refractivity contribution in [1.82, 2.24) is 16.0 Å². The van der Waals surface area contributed by atoms with Crippen LogP contribution >= 0.6 is 0 Å². The van der Waals surface area contributed by atoms with Gasteiger partial charge in [-0.25, -0.2) is 0 Å². The van der Waals surface area contributed by atoms with E-state index < -0.39 is 0 Å². The number of rotatable bonds is 6. The molecule has 1 unspecified atom stereocenters. The molecule has 0 aromatic heterocycles. The summed E-state index contributed by atoms with van der Waals surface area (Å²) in [5, 5.41) is 8.14. The first-order valence-electron chi connectivity index (χ1n) is 5.89. The number of hydrogen-bond acceptors (Lipinski definition) is 3. The summed E-state index contributed by atoms with van der Waals surface area (Å²) >= 11 is 0. The standard InChI is InChI=1S/C13H19N3O2/c1-10(13(18)14-2)15-9-12(17)16-8-11-6-4-3-5-7-11/h3-7,10,15H,8-9H2,1-2H3,(H,14,18)(H,16,17). The van der Waals surface area contributed by atoms with Gasteiger partial charge in [-0.2, -0.15) is 0 Å². The molecule has 1 atom stereocenters. The molecule has 0 saturated heterocycles. The van der Waals surface area contributed by atoms with Crippen LogP contribution in [-0.2, 0) is 16.1 Å². The van der Waals surface area contributed by atoms with Gasteiger partial charge in [-0.3, -0.25) is 14.9 Å². The Morgan fingerprint density at radius 1 is 1.22 bits per heavy atom. The summed E-state index contributed by atoms with van der Waals surface area (Å²) in [6, 6.07) is 9.29. The van der Waals surface area contributed by atoms with Crippen LogP contribution in [0.1, 0.15) is 12.5 Å². The van der Waals surface area contributed by atoms with E-state index in [1.807, 2.05) is 30.3 Å². The van der Waals surface area contributed by atoms with Gasteiger partial charge in [0.25, 0.3) is 0 Å². The van der Waals surface area contributed by atoms with Crippen LogP contribution in [0.25, 0.3) is 0 Å². The third-order valence-corrected chi connectivity index (χ3v) is 2.54. The molecule has 3 N–H and O–H groups in total. The highest BCUT2D eigenvalue weighted by atomic mass is 16.2. The minimum Gasteiger partial charge on any atom is -0.358 e. The molecule has 0 heterocycles. The SMILES string of the molecule is CNC(=O)C(C)NCC(=O)NCc1ccccc1.